The molecule has 22 heterocycles. The van der Waals surface area contributed by atoms with Gasteiger partial charge in [-0.25, -0.2) is 0 Å². The minimum atomic E-state index is -5.17. The van der Waals surface area contributed by atoms with Gasteiger partial charge in [0.2, 0.25) is 0 Å². The highest BCUT2D eigenvalue weighted by Crippen LogP contribution is 2.38. The molecule has 30 atom stereocenters. The van der Waals surface area contributed by atoms with Crippen molar-refractivity contribution in [2.75, 3.05) is 39.6 Å². The lowest BCUT2D eigenvalue weighted by Crippen LogP contribution is -2.69. The molecule has 22 fully saturated rings. The van der Waals surface area contributed by atoms with Crippen molar-refractivity contribution >= 4 is 10.4 Å². The molecular formula is C36H61NO33S-2. The molecule has 0 aromatic rings. The van der Waals surface area contributed by atoms with Crippen molar-refractivity contribution in [3.8, 4) is 0 Å². The fourth-order valence-corrected chi connectivity index (χ4v) is 8.97. The molecule has 35 heteroatoms. The first kappa shape index (κ1) is 58.9. The van der Waals surface area contributed by atoms with Gasteiger partial charge in [-0.05, 0) is 0 Å². The van der Waals surface area contributed by atoms with Gasteiger partial charge in [-0.1, -0.05) is 0 Å². The molecule has 0 spiro atoms. The van der Waals surface area contributed by atoms with Crippen LogP contribution in [0.2, 0.25) is 0 Å². The van der Waals surface area contributed by atoms with Crippen LogP contribution in [0.15, 0.2) is 0 Å². The maximum absolute atomic E-state index is 11.3. The molecule has 0 unspecified atom stereocenters. The Balaban J connectivity index is 0.00000157. The van der Waals surface area contributed by atoms with E-state index in [1.165, 1.54) is 0 Å². The Bertz CT molecular complexity index is 1470. The van der Waals surface area contributed by atoms with Crippen LogP contribution in [0.3, 0.4) is 0 Å². The number of aliphatic hydroxyl groups excluding tert-OH is 17. The molecule has 22 rings (SSSR count). The summed E-state index contributed by atoms with van der Waals surface area (Å²) in [6.45, 7) is -5.42. The lowest BCUT2D eigenvalue weighted by atomic mass is 9.94. The van der Waals surface area contributed by atoms with Gasteiger partial charge < -0.3 is 158 Å². The second kappa shape index (κ2) is 24.8. The third kappa shape index (κ3) is 12.8. The Morgan fingerprint density at radius 3 is 0.577 bits per heavy atom. The molecule has 416 valence electrons. The second-order valence-corrected chi connectivity index (χ2v) is 18.1. The van der Waals surface area contributed by atoms with Gasteiger partial charge in [0.05, 0.1) is 33.0 Å². The largest absolute Gasteiger partial charge is 0.759 e. The van der Waals surface area contributed by atoms with Crippen LogP contribution in [0.4, 0.5) is 0 Å². The van der Waals surface area contributed by atoms with Crippen LogP contribution < -0.4 is 5.73 Å². The van der Waals surface area contributed by atoms with Gasteiger partial charge in [0.1, 0.15) is 146 Å². The molecular weight excluding hydrogens is 1010 g/mol. The number of ether oxygens (including phenoxy) is 12. The van der Waals surface area contributed by atoms with Crippen LogP contribution in [-0.4, -0.2) is 328 Å². The average molecular weight is 1070 g/mol. The average Bonchev–Trinajstić information content (AvgIpc) is 3.33. The number of nitrogens with two attached hydrogens (primary N) is 1. The summed E-state index contributed by atoms with van der Waals surface area (Å²) < 4.78 is 102. The normalized spacial score (nSPS) is 52.3. The number of hydrogen-bond acceptors (Lipinski definition) is 34. The first-order chi connectivity index (χ1) is 33.4. The number of hydrogen-bond donors (Lipinski definition) is 18. The highest BCUT2D eigenvalue weighted by Gasteiger charge is 2.58. The molecule has 0 radical (unpaired) electrons. The third-order valence-electron chi connectivity index (χ3n) is 12.7. The van der Waals surface area contributed by atoms with Crippen molar-refractivity contribution in [2.24, 2.45) is 5.73 Å². The number of rotatable bonds is 6. The van der Waals surface area contributed by atoms with Gasteiger partial charge in [0, 0.05) is 16.9 Å². The van der Waals surface area contributed by atoms with E-state index in [9.17, 15) is 86.8 Å². The Morgan fingerprint density at radius 1 is 0.296 bits per heavy atom. The topological polar surface area (TPSA) is 561 Å². The van der Waals surface area contributed by atoms with E-state index in [1.54, 1.807) is 0 Å². The van der Waals surface area contributed by atoms with Crippen LogP contribution in [0, 0.1) is 0 Å². The summed E-state index contributed by atoms with van der Waals surface area (Å²) >= 11 is 0. The zero-order chi connectivity index (χ0) is 52.5. The molecule has 34 nitrogen and oxygen atoms in total. The zero-order valence-electron chi connectivity index (χ0n) is 36.7. The first-order valence-electron chi connectivity index (χ1n) is 21.9. The van der Waals surface area contributed by atoms with Crippen molar-refractivity contribution in [3.63, 3.8) is 0 Å². The van der Waals surface area contributed by atoms with E-state index in [0.29, 0.717) is 0 Å². The maximum Gasteiger partial charge on any atom is 0.187 e. The summed E-state index contributed by atoms with van der Waals surface area (Å²) in [5.74, 6) is 0. The van der Waals surface area contributed by atoms with Gasteiger partial charge in [-0.15, -0.1) is 0 Å². The van der Waals surface area contributed by atoms with Crippen molar-refractivity contribution in [1.82, 2.24) is 0 Å². The Labute approximate surface area is 400 Å². The summed E-state index contributed by atoms with van der Waals surface area (Å²) in [5, 5.41) is 186. The molecule has 22 aliphatic heterocycles. The van der Waals surface area contributed by atoms with Crippen molar-refractivity contribution in [3.05, 3.63) is 0 Å². The molecule has 0 aromatic heterocycles. The maximum atomic E-state index is 11.3. The zero-order valence-corrected chi connectivity index (χ0v) is 37.5. The molecule has 0 aromatic carbocycles. The highest BCUT2D eigenvalue weighted by molar-refractivity contribution is 7.79. The molecule has 12 bridgehead atoms. The highest BCUT2D eigenvalue weighted by atomic mass is 32.3. The summed E-state index contributed by atoms with van der Waals surface area (Å²) in [6.07, 6.45) is -57.4. The lowest BCUT2D eigenvalue weighted by molar-refractivity contribution is -0.403. The predicted molar refractivity (Wildman–Crippen MR) is 208 cm³/mol. The van der Waals surface area contributed by atoms with E-state index in [-0.39, 0.29) is 0 Å². The van der Waals surface area contributed by atoms with E-state index in [1.807, 2.05) is 0 Å². The second-order valence-electron chi connectivity index (χ2n) is 17.3. The van der Waals surface area contributed by atoms with Crippen LogP contribution in [0.25, 0.3) is 0 Å². The summed E-state index contributed by atoms with van der Waals surface area (Å²) in [4.78, 5) is 0. The first-order valence-corrected chi connectivity index (χ1v) is 23.2. The van der Waals surface area contributed by atoms with E-state index < -0.39 is 234 Å². The summed E-state index contributed by atoms with van der Waals surface area (Å²) in [5.41, 5.74) is 5.91. The summed E-state index contributed by atoms with van der Waals surface area (Å²) in [6, 6.07) is 0. The fraction of sp³-hybridized carbons (Fsp3) is 1.00. The molecule has 71 heavy (non-hydrogen) atoms. The van der Waals surface area contributed by atoms with Crippen LogP contribution in [0.1, 0.15) is 0 Å². The minimum Gasteiger partial charge on any atom is -0.759 e. The van der Waals surface area contributed by atoms with Crippen molar-refractivity contribution in [2.45, 2.75) is 184 Å². The van der Waals surface area contributed by atoms with Gasteiger partial charge in [-0.2, -0.15) is 0 Å². The molecule has 0 amide bonds. The summed E-state index contributed by atoms with van der Waals surface area (Å²) in [7, 11) is -5.17. The van der Waals surface area contributed by atoms with Crippen LogP contribution in [-0.2, 0) is 67.2 Å². The van der Waals surface area contributed by atoms with E-state index in [0.717, 1.165) is 0 Å². The van der Waals surface area contributed by atoms with Crippen LogP contribution >= 0.6 is 0 Å². The van der Waals surface area contributed by atoms with E-state index >= 15 is 0 Å². The lowest BCUT2D eigenvalue weighted by Gasteiger charge is -2.50. The molecule has 19 N–H and O–H groups in total. The SMILES string of the molecule is NC[C@H]1O[C@@H]2O[C@H]3[C@H](O)[C@@H](O)[C@@H](O[C@H]4[C@H](O)[C@@H](O)[C@@H](O[C@H]5[C@H](O)[C@@H](O)[C@@H](O[C@H]6[C@H](O)[C@@H](O)[C@@H](O[C@H]7[C@H](O)[C@@H](O)[C@@H](O[C@H]1[C@H](O)[C@H]2O)O[C@@H]7CO)O[C@@H]6CO)O[C@@H]5CO)O[C@@H]4CO)O[C@@H]3CO.O=S(=O)([O-])[O-]. The fourth-order valence-electron chi connectivity index (χ4n) is 8.97. The molecule has 0 saturated carbocycles. The predicted octanol–water partition coefficient (Wildman–Crippen LogP) is -14.4. The van der Waals surface area contributed by atoms with E-state index in [2.05, 4.69) is 0 Å². The Kier molecular flexibility index (Phi) is 20.6. The smallest absolute Gasteiger partial charge is 0.187 e. The molecule has 0 aliphatic carbocycles. The molecule has 22 aliphatic rings. The number of aliphatic hydroxyl groups is 17. The van der Waals surface area contributed by atoms with Gasteiger partial charge in [0.15, 0.2) is 37.7 Å². The third-order valence-corrected chi connectivity index (χ3v) is 12.7. The molecule has 22 saturated heterocycles. The Hall–Kier alpha value is -1.33. The van der Waals surface area contributed by atoms with Gasteiger partial charge >= 0.3 is 0 Å². The van der Waals surface area contributed by atoms with Crippen molar-refractivity contribution in [1.29, 1.82) is 0 Å². The van der Waals surface area contributed by atoms with Crippen molar-refractivity contribution < 1.29 is 161 Å². The van der Waals surface area contributed by atoms with Crippen LogP contribution in [0.5, 0.6) is 0 Å². The Morgan fingerprint density at radius 2 is 0.437 bits per heavy atom. The van der Waals surface area contributed by atoms with E-state index in [4.69, 9.17) is 80.1 Å². The minimum absolute atomic E-state index is 0.499. The van der Waals surface area contributed by atoms with Gasteiger partial charge in [0.25, 0.3) is 0 Å². The quantitative estimate of drug-likeness (QED) is 0.0867. The van der Waals surface area contributed by atoms with Gasteiger partial charge in [-0.3, -0.25) is 8.42 Å². The standard InChI is InChI=1S/C36H61NO29.H2O4S/c37-1-7-25-13(43)19(49)31(55-7)62-26-8(2-38)57-33(21(51)15(26)45)64-28-10(4-40)59-35(23(53)17(28)47)66-30-12(6-42)60-36(24(54)18(30)48)65-29-11(5-41)58-34(22(52)16(29)46)63-27-9(3-39)56-32(61-25)20(50)14(27)44;1-5(2,3)4/h7-36,38-54H,1-6,37H2;(H2,1,2,3,4)/p-2/t7-,8-,9-,10-,11-,12-,13-,14-,15-,16-,17-,18-,19-,20-,21-,22-,23-,24-,25-,26-,27-,28-,29-,30-,31-,32-,33-,34-,35-,36-;/m1./s1. The monoisotopic (exact) mass is 1070 g/mol.